The molecule has 1 aliphatic rings. The quantitative estimate of drug-likeness (QED) is 0.310. The van der Waals surface area contributed by atoms with Gasteiger partial charge in [-0.05, 0) is 29.8 Å². The summed E-state index contributed by atoms with van der Waals surface area (Å²) < 4.78 is 16.1. The smallest absolute Gasteiger partial charge is 0.347 e. The van der Waals surface area contributed by atoms with Gasteiger partial charge in [0.1, 0.15) is 52.8 Å². The van der Waals surface area contributed by atoms with Crippen molar-refractivity contribution in [2.75, 3.05) is 6.61 Å². The van der Waals surface area contributed by atoms with Gasteiger partial charge in [0.05, 0.1) is 12.0 Å². The number of ether oxygens (including phenoxy) is 2. The van der Waals surface area contributed by atoms with Crippen LogP contribution in [-0.2, 0) is 4.74 Å². The Kier molecular flexibility index (Phi) is 5.56. The van der Waals surface area contributed by atoms with Crippen LogP contribution in [-0.4, -0.2) is 68.0 Å². The van der Waals surface area contributed by atoms with Gasteiger partial charge in [-0.2, -0.15) is 0 Å². The van der Waals surface area contributed by atoms with Gasteiger partial charge in [0.2, 0.25) is 6.29 Å². The highest BCUT2D eigenvalue weighted by Gasteiger charge is 2.44. The van der Waals surface area contributed by atoms with Crippen LogP contribution in [0.15, 0.2) is 51.7 Å². The fourth-order valence-electron chi connectivity index (χ4n) is 3.42. The first kappa shape index (κ1) is 21.1. The molecule has 164 valence electrons. The first-order valence-corrected chi connectivity index (χ1v) is 9.36. The van der Waals surface area contributed by atoms with Crippen LogP contribution in [0.2, 0.25) is 0 Å². The molecular formula is C21H20O10. The molecule has 1 saturated heterocycles. The molecular weight excluding hydrogens is 412 g/mol. The maximum absolute atomic E-state index is 12.5. The summed E-state index contributed by atoms with van der Waals surface area (Å²) in [4.78, 5) is 12.5. The van der Waals surface area contributed by atoms with Crippen molar-refractivity contribution >= 4 is 11.0 Å². The van der Waals surface area contributed by atoms with Crippen molar-refractivity contribution in [1.82, 2.24) is 0 Å². The molecule has 0 unspecified atom stereocenters. The lowest BCUT2D eigenvalue weighted by molar-refractivity contribution is -0.277. The monoisotopic (exact) mass is 432 g/mol. The lowest BCUT2D eigenvalue weighted by Gasteiger charge is -2.39. The van der Waals surface area contributed by atoms with E-state index in [0.717, 1.165) is 0 Å². The highest BCUT2D eigenvalue weighted by Crippen LogP contribution is 2.35. The Hall–Kier alpha value is -3.15. The van der Waals surface area contributed by atoms with E-state index in [1.807, 2.05) is 0 Å². The summed E-state index contributed by atoms with van der Waals surface area (Å²) in [7, 11) is 0. The van der Waals surface area contributed by atoms with E-state index < -0.39 is 42.9 Å². The number of benzene rings is 2. The van der Waals surface area contributed by atoms with Crippen LogP contribution >= 0.6 is 0 Å². The van der Waals surface area contributed by atoms with Gasteiger partial charge < -0.3 is 44.5 Å². The SMILES string of the molecule is O=c1oc2cc(O[C@@H]3O[C@H](CO)[C@@H](O)[C@H](O)[C@H]3O)ccc2c(O)c1-c1ccc(O)cc1. The molecule has 4 rings (SSSR count). The van der Waals surface area contributed by atoms with Gasteiger partial charge in [0, 0.05) is 6.07 Å². The predicted molar refractivity (Wildman–Crippen MR) is 106 cm³/mol. The molecule has 0 radical (unpaired) electrons. The molecule has 2 heterocycles. The van der Waals surface area contributed by atoms with Gasteiger partial charge in [-0.1, -0.05) is 12.1 Å². The Balaban J connectivity index is 1.67. The zero-order valence-corrected chi connectivity index (χ0v) is 16.0. The molecule has 0 spiro atoms. The topological polar surface area (TPSA) is 170 Å². The Bertz CT molecular complexity index is 1140. The number of fused-ring (bicyclic) bond motifs is 1. The minimum atomic E-state index is -1.61. The first-order chi connectivity index (χ1) is 14.8. The zero-order chi connectivity index (χ0) is 22.3. The number of hydrogen-bond acceptors (Lipinski definition) is 10. The van der Waals surface area contributed by atoms with Crippen LogP contribution in [0.3, 0.4) is 0 Å². The van der Waals surface area contributed by atoms with Crippen molar-refractivity contribution in [3.63, 3.8) is 0 Å². The molecule has 0 saturated carbocycles. The average Bonchev–Trinajstić information content (AvgIpc) is 2.75. The average molecular weight is 432 g/mol. The minimum Gasteiger partial charge on any atom is -0.508 e. The van der Waals surface area contributed by atoms with E-state index in [1.54, 1.807) is 0 Å². The summed E-state index contributed by atoms with van der Waals surface area (Å²) in [6.45, 7) is -0.606. The maximum Gasteiger partial charge on any atom is 0.347 e. The number of aliphatic hydroxyl groups is 4. The largest absolute Gasteiger partial charge is 0.508 e. The molecule has 1 aromatic heterocycles. The molecule has 1 fully saturated rings. The number of aromatic hydroxyl groups is 2. The lowest BCUT2D eigenvalue weighted by atomic mass is 9.99. The van der Waals surface area contributed by atoms with E-state index in [2.05, 4.69) is 0 Å². The molecule has 6 N–H and O–H groups in total. The standard InChI is InChI=1S/C21H20O10/c22-8-14-17(25)18(26)19(27)21(31-14)29-11-5-6-12-13(7-11)30-20(28)15(16(12)24)9-1-3-10(23)4-2-9/h1-7,14,17-19,21-27H,8H2/t14-,17-,18+,19-,21-/m1/s1. The zero-order valence-electron chi connectivity index (χ0n) is 16.0. The third-order valence-corrected chi connectivity index (χ3v) is 5.11. The molecule has 5 atom stereocenters. The highest BCUT2D eigenvalue weighted by atomic mass is 16.7. The third kappa shape index (κ3) is 3.82. The highest BCUT2D eigenvalue weighted by molar-refractivity contribution is 5.90. The van der Waals surface area contributed by atoms with Gasteiger partial charge in [0.25, 0.3) is 0 Å². The molecule has 10 nitrogen and oxygen atoms in total. The van der Waals surface area contributed by atoms with Gasteiger partial charge in [-0.3, -0.25) is 0 Å². The van der Waals surface area contributed by atoms with E-state index in [-0.39, 0.29) is 33.8 Å². The second-order valence-corrected chi connectivity index (χ2v) is 7.13. The van der Waals surface area contributed by atoms with Gasteiger partial charge in [0.15, 0.2) is 0 Å². The summed E-state index contributed by atoms with van der Waals surface area (Å²) in [6, 6.07) is 9.80. The fraction of sp³-hybridized carbons (Fsp3) is 0.286. The summed E-state index contributed by atoms with van der Waals surface area (Å²) in [6.07, 6.45) is -7.29. The third-order valence-electron chi connectivity index (χ3n) is 5.11. The minimum absolute atomic E-state index is 0.00315. The van der Waals surface area contributed by atoms with Crippen LogP contribution in [0.4, 0.5) is 0 Å². The number of hydrogen-bond donors (Lipinski definition) is 6. The summed E-state index contributed by atoms with van der Waals surface area (Å²) in [5, 5.41) is 59.3. The van der Waals surface area contributed by atoms with Crippen LogP contribution in [0.5, 0.6) is 17.2 Å². The molecule has 1 aliphatic heterocycles. The number of phenols is 1. The Labute approximate surface area is 174 Å². The van der Waals surface area contributed by atoms with Crippen molar-refractivity contribution in [3.05, 3.63) is 52.9 Å². The van der Waals surface area contributed by atoms with E-state index >= 15 is 0 Å². The van der Waals surface area contributed by atoms with Crippen molar-refractivity contribution < 1.29 is 44.5 Å². The van der Waals surface area contributed by atoms with Crippen molar-refractivity contribution in [1.29, 1.82) is 0 Å². The summed E-state index contributed by atoms with van der Waals surface area (Å²) in [5.41, 5.74) is -0.546. The Morgan fingerprint density at radius 3 is 2.32 bits per heavy atom. The first-order valence-electron chi connectivity index (χ1n) is 9.36. The summed E-state index contributed by atoms with van der Waals surface area (Å²) >= 11 is 0. The van der Waals surface area contributed by atoms with Crippen molar-refractivity contribution in [3.8, 4) is 28.4 Å². The van der Waals surface area contributed by atoms with Crippen LogP contribution in [0.1, 0.15) is 0 Å². The lowest BCUT2D eigenvalue weighted by Crippen LogP contribution is -2.60. The van der Waals surface area contributed by atoms with E-state index in [1.165, 1.54) is 42.5 Å². The van der Waals surface area contributed by atoms with E-state index in [4.69, 9.17) is 13.9 Å². The molecule has 0 aliphatic carbocycles. The summed E-state index contributed by atoms with van der Waals surface area (Å²) in [5.74, 6) is -0.239. The number of phenolic OH excluding ortho intramolecular Hbond substituents is 1. The van der Waals surface area contributed by atoms with Gasteiger partial charge in [-0.15, -0.1) is 0 Å². The molecule has 3 aromatic rings. The van der Waals surface area contributed by atoms with E-state index in [9.17, 15) is 35.4 Å². The van der Waals surface area contributed by atoms with Crippen LogP contribution < -0.4 is 10.4 Å². The van der Waals surface area contributed by atoms with Crippen LogP contribution in [0.25, 0.3) is 22.1 Å². The number of rotatable bonds is 4. The predicted octanol–water partition coefficient (Wildman–Crippen LogP) is 0.0499. The van der Waals surface area contributed by atoms with Gasteiger partial charge >= 0.3 is 5.63 Å². The van der Waals surface area contributed by atoms with Crippen molar-refractivity contribution in [2.24, 2.45) is 0 Å². The maximum atomic E-state index is 12.5. The van der Waals surface area contributed by atoms with Gasteiger partial charge in [-0.25, -0.2) is 4.79 Å². The fourth-order valence-corrected chi connectivity index (χ4v) is 3.42. The molecule has 0 amide bonds. The Morgan fingerprint density at radius 1 is 0.935 bits per heavy atom. The van der Waals surface area contributed by atoms with Crippen LogP contribution in [0, 0.1) is 0 Å². The number of aliphatic hydroxyl groups excluding tert-OH is 4. The normalized spacial score (nSPS) is 26.1. The molecule has 0 bridgehead atoms. The second kappa shape index (κ2) is 8.17. The van der Waals surface area contributed by atoms with E-state index in [0.29, 0.717) is 5.56 Å². The molecule has 10 heteroatoms. The second-order valence-electron chi connectivity index (χ2n) is 7.13. The molecule has 2 aromatic carbocycles. The Morgan fingerprint density at radius 2 is 1.65 bits per heavy atom. The van der Waals surface area contributed by atoms with Crippen molar-refractivity contribution in [2.45, 2.75) is 30.7 Å². The molecule has 31 heavy (non-hydrogen) atoms.